The molecule has 2 nitrogen and oxygen atoms in total. The van der Waals surface area contributed by atoms with Crippen LogP contribution in [-0.2, 0) is 5.41 Å². The maximum atomic E-state index is 3.81. The van der Waals surface area contributed by atoms with E-state index in [-0.39, 0.29) is 5.41 Å². The Labute approximate surface area is 416 Å². The van der Waals surface area contributed by atoms with Gasteiger partial charge >= 0.3 is 0 Å². The molecule has 0 saturated heterocycles. The summed E-state index contributed by atoms with van der Waals surface area (Å²) in [5.41, 5.74) is 28.0. The zero-order chi connectivity index (χ0) is 47.5. The van der Waals surface area contributed by atoms with Crippen molar-refractivity contribution in [3.8, 4) is 61.3 Å². The molecule has 0 saturated carbocycles. The number of para-hydroxylation sites is 1. The zero-order valence-electron chi connectivity index (χ0n) is 39.9. The van der Waals surface area contributed by atoms with Gasteiger partial charge in [-0.25, -0.2) is 0 Å². The molecule has 0 unspecified atom stereocenters. The Morgan fingerprint density at radius 3 is 1.51 bits per heavy atom. The molecule has 2 heteroatoms. The molecule has 0 atom stereocenters. The molecule has 0 radical (unpaired) electrons. The molecule has 1 aromatic heterocycles. The summed E-state index contributed by atoms with van der Waals surface area (Å²) in [5, 5.41) is 2.47. The molecule has 0 spiro atoms. The van der Waals surface area contributed by atoms with E-state index in [9.17, 15) is 0 Å². The van der Waals surface area contributed by atoms with E-state index in [1.165, 1.54) is 99.7 Å². The summed E-state index contributed by atoms with van der Waals surface area (Å²) in [6.07, 6.45) is 3.05. The first-order valence-electron chi connectivity index (χ1n) is 24.7. The molecular formula is C69H50N2. The van der Waals surface area contributed by atoms with Gasteiger partial charge in [0.2, 0.25) is 0 Å². The van der Waals surface area contributed by atoms with Crippen molar-refractivity contribution in [2.24, 2.45) is 0 Å². The van der Waals surface area contributed by atoms with Crippen LogP contribution >= 0.6 is 0 Å². The van der Waals surface area contributed by atoms with Crippen LogP contribution < -0.4 is 4.90 Å². The van der Waals surface area contributed by atoms with Crippen LogP contribution in [-0.4, -0.2) is 4.57 Å². The summed E-state index contributed by atoms with van der Waals surface area (Å²) >= 11 is 0. The average molecular weight is 907 g/mol. The lowest BCUT2D eigenvalue weighted by molar-refractivity contribution is 0.653. The van der Waals surface area contributed by atoms with E-state index in [4.69, 9.17) is 0 Å². The lowest BCUT2D eigenvalue weighted by Crippen LogP contribution is -2.19. The maximum absolute atomic E-state index is 3.81. The normalized spacial score (nSPS) is 13.6. The van der Waals surface area contributed by atoms with Gasteiger partial charge in [-0.1, -0.05) is 202 Å². The van der Waals surface area contributed by atoms with Crippen LogP contribution in [0.15, 0.2) is 272 Å². The summed E-state index contributed by atoms with van der Waals surface area (Å²) in [6, 6.07) is 90.8. The minimum Gasteiger partial charge on any atom is -0.309 e. The largest absolute Gasteiger partial charge is 0.309 e. The molecule has 2 aliphatic carbocycles. The highest BCUT2D eigenvalue weighted by Gasteiger charge is 2.38. The SMILES string of the molecule is CC1(C)C2=C(CC(N(c3ccc(-c4ccccc4)cc3)c3ccc(-c4cccc(-c5ccc6c(c5)c5ccccc5n6-c5cc(-c6ccccc6)cc(-c6ccccc6)c5)c4)cc3)=C=C2)c2ccccc21. The van der Waals surface area contributed by atoms with Gasteiger partial charge in [-0.2, -0.15) is 0 Å². The molecule has 71 heavy (non-hydrogen) atoms. The summed E-state index contributed by atoms with van der Waals surface area (Å²) in [7, 11) is 0. The van der Waals surface area contributed by atoms with Crippen molar-refractivity contribution in [3.63, 3.8) is 0 Å². The number of rotatable bonds is 9. The van der Waals surface area contributed by atoms with Crippen molar-refractivity contribution in [1.29, 1.82) is 0 Å². The first-order chi connectivity index (χ1) is 34.9. The monoisotopic (exact) mass is 906 g/mol. The van der Waals surface area contributed by atoms with Crippen molar-refractivity contribution in [2.75, 3.05) is 4.90 Å². The number of anilines is 2. The maximum Gasteiger partial charge on any atom is 0.0700 e. The van der Waals surface area contributed by atoms with Crippen LogP contribution in [0.2, 0.25) is 0 Å². The summed E-state index contributed by atoms with van der Waals surface area (Å²) in [4.78, 5) is 2.40. The van der Waals surface area contributed by atoms with Gasteiger partial charge in [0.1, 0.15) is 0 Å². The van der Waals surface area contributed by atoms with E-state index in [1.807, 2.05) is 0 Å². The Kier molecular flexibility index (Phi) is 10.2. The fraction of sp³-hybridized carbons (Fsp3) is 0.0580. The fourth-order valence-electron chi connectivity index (χ4n) is 11.3. The van der Waals surface area contributed by atoms with E-state index >= 15 is 0 Å². The third-order valence-electron chi connectivity index (χ3n) is 14.9. The quantitative estimate of drug-likeness (QED) is 0.131. The van der Waals surface area contributed by atoms with Crippen LogP contribution in [0.5, 0.6) is 0 Å². The lowest BCUT2D eigenvalue weighted by Gasteiger charge is -2.30. The predicted molar refractivity (Wildman–Crippen MR) is 299 cm³/mol. The minimum atomic E-state index is -0.0595. The van der Waals surface area contributed by atoms with Crippen LogP contribution in [0.4, 0.5) is 11.4 Å². The third-order valence-corrected chi connectivity index (χ3v) is 14.9. The highest BCUT2D eigenvalue weighted by Crippen LogP contribution is 2.51. The van der Waals surface area contributed by atoms with Gasteiger partial charge in [0.05, 0.1) is 16.7 Å². The molecule has 0 amide bonds. The van der Waals surface area contributed by atoms with E-state index in [1.54, 1.807) is 0 Å². The fourth-order valence-corrected chi connectivity index (χ4v) is 11.3. The van der Waals surface area contributed by atoms with Crippen molar-refractivity contribution in [2.45, 2.75) is 25.7 Å². The van der Waals surface area contributed by atoms with E-state index < -0.39 is 0 Å². The molecule has 336 valence electrons. The second-order valence-corrected chi connectivity index (χ2v) is 19.4. The Morgan fingerprint density at radius 2 is 0.859 bits per heavy atom. The number of benzene rings is 10. The lowest BCUT2D eigenvalue weighted by atomic mass is 9.80. The highest BCUT2D eigenvalue weighted by molar-refractivity contribution is 6.10. The standard InChI is InChI=1S/C69H50N2/c1-69(2)65-27-14-12-25-61(65)63-46-59(38-39-66(63)69)70(57-34-29-50(30-35-57)47-17-6-3-7-18-47)58-36-31-51(32-37-58)52-23-16-24-53(41-52)54-33-40-68-64(45-54)62-26-13-15-28-67(62)71(68)60-43-55(48-19-8-4-9-20-48)42-56(44-60)49-21-10-5-11-22-49/h3-37,39-45H,46H2,1-2H3. The molecule has 11 aromatic rings. The minimum absolute atomic E-state index is 0.0595. The Balaban J connectivity index is 0.858. The van der Waals surface area contributed by atoms with E-state index in [0.29, 0.717) is 0 Å². The topological polar surface area (TPSA) is 8.17 Å². The van der Waals surface area contributed by atoms with Gasteiger partial charge in [0.25, 0.3) is 0 Å². The summed E-state index contributed by atoms with van der Waals surface area (Å²) < 4.78 is 2.44. The number of aromatic nitrogens is 1. The van der Waals surface area contributed by atoms with Gasteiger partial charge in [-0.15, -0.1) is 0 Å². The summed E-state index contributed by atoms with van der Waals surface area (Å²) in [6.45, 7) is 4.69. The van der Waals surface area contributed by atoms with Crippen LogP contribution in [0.3, 0.4) is 0 Å². The molecule has 0 aliphatic heterocycles. The van der Waals surface area contributed by atoms with E-state index in [2.05, 4.69) is 284 Å². The van der Waals surface area contributed by atoms with Gasteiger partial charge in [-0.05, 0) is 151 Å². The van der Waals surface area contributed by atoms with Gasteiger partial charge in [-0.3, -0.25) is 0 Å². The molecule has 10 aromatic carbocycles. The highest BCUT2D eigenvalue weighted by atomic mass is 15.1. The van der Waals surface area contributed by atoms with Crippen molar-refractivity contribution >= 4 is 38.8 Å². The van der Waals surface area contributed by atoms with E-state index in [0.717, 1.165) is 29.2 Å². The number of hydrogen-bond acceptors (Lipinski definition) is 1. The molecule has 1 heterocycles. The predicted octanol–water partition coefficient (Wildman–Crippen LogP) is 18.4. The van der Waals surface area contributed by atoms with Crippen LogP contribution in [0.1, 0.15) is 31.4 Å². The van der Waals surface area contributed by atoms with Crippen molar-refractivity contribution in [1.82, 2.24) is 4.57 Å². The van der Waals surface area contributed by atoms with Crippen molar-refractivity contribution < 1.29 is 0 Å². The molecular weight excluding hydrogens is 857 g/mol. The van der Waals surface area contributed by atoms with Crippen LogP contribution in [0.25, 0.3) is 88.7 Å². The molecule has 0 bridgehead atoms. The van der Waals surface area contributed by atoms with Crippen LogP contribution in [0, 0.1) is 0 Å². The first kappa shape index (κ1) is 42.2. The third kappa shape index (κ3) is 7.45. The Morgan fingerprint density at radius 1 is 0.394 bits per heavy atom. The molecule has 0 N–H and O–H groups in total. The Bertz CT molecular complexity index is 3860. The molecule has 2 aliphatic rings. The summed E-state index contributed by atoms with van der Waals surface area (Å²) in [5.74, 6) is 0. The second kappa shape index (κ2) is 17.2. The zero-order valence-corrected chi connectivity index (χ0v) is 39.9. The first-order valence-corrected chi connectivity index (χ1v) is 24.7. The number of nitrogens with zero attached hydrogens (tertiary/aromatic N) is 2. The van der Waals surface area contributed by atoms with Gasteiger partial charge in [0.15, 0.2) is 0 Å². The average Bonchev–Trinajstić information content (AvgIpc) is 3.89. The van der Waals surface area contributed by atoms with Gasteiger partial charge < -0.3 is 9.47 Å². The van der Waals surface area contributed by atoms with Crippen molar-refractivity contribution in [3.05, 3.63) is 283 Å². The number of fused-ring (bicyclic) bond motifs is 5. The molecule has 0 fully saturated rings. The Hall–Kier alpha value is -8.94. The smallest absolute Gasteiger partial charge is 0.0700 e. The molecule has 13 rings (SSSR count). The second-order valence-electron chi connectivity index (χ2n) is 19.4. The number of hydrogen-bond donors (Lipinski definition) is 0. The number of allylic oxidation sites excluding steroid dienone is 2. The van der Waals surface area contributed by atoms with Gasteiger partial charge in [0, 0.05) is 39.7 Å².